The van der Waals surface area contributed by atoms with Crippen LogP contribution in [0.2, 0.25) is 0 Å². The summed E-state index contributed by atoms with van der Waals surface area (Å²) in [5.74, 6) is -0.575. The number of fused-ring (bicyclic) bond motifs is 5. The van der Waals surface area contributed by atoms with Gasteiger partial charge < -0.3 is 9.47 Å². The van der Waals surface area contributed by atoms with Crippen LogP contribution in [0.1, 0.15) is 63.9 Å². The molecule has 6 unspecified atom stereocenters. The maximum atomic E-state index is 13.1. The SMILES string of the molecule is O=C(OC1CC2C3CCC(C3)C2CC1OC(=O)c1cccc(C(F)(F)F)c1)c1cccc(C(F)(F)F)c1. The molecule has 2 aromatic carbocycles. The molecular formula is C27H24F6O4. The van der Waals surface area contributed by atoms with Crippen molar-refractivity contribution >= 4 is 11.9 Å². The molecule has 0 aliphatic heterocycles. The molecule has 3 saturated carbocycles. The lowest BCUT2D eigenvalue weighted by atomic mass is 9.69. The van der Waals surface area contributed by atoms with E-state index < -0.39 is 47.6 Å². The Balaban J connectivity index is 1.37. The molecule has 0 saturated heterocycles. The van der Waals surface area contributed by atoms with Crippen molar-refractivity contribution in [3.8, 4) is 0 Å². The van der Waals surface area contributed by atoms with Crippen LogP contribution in [0, 0.1) is 23.7 Å². The van der Waals surface area contributed by atoms with Gasteiger partial charge in [-0.2, -0.15) is 26.3 Å². The van der Waals surface area contributed by atoms with E-state index in [2.05, 4.69) is 0 Å². The lowest BCUT2D eigenvalue weighted by Crippen LogP contribution is -2.45. The average Bonchev–Trinajstić information content (AvgIpc) is 3.46. The van der Waals surface area contributed by atoms with Crippen LogP contribution in [0.25, 0.3) is 0 Å². The van der Waals surface area contributed by atoms with Gasteiger partial charge in [0, 0.05) is 0 Å². The standard InChI is InChI=1S/C27H24F6O4/c28-26(29,30)18-5-1-3-16(10-18)24(34)36-22-12-20-14-7-8-15(9-14)21(20)13-23(22)37-25(35)17-4-2-6-19(11-17)27(31,32)33/h1-6,10-11,14-15,20-23H,7-9,12-13H2. The largest absolute Gasteiger partial charge is 0.455 e. The van der Waals surface area contributed by atoms with Crippen molar-refractivity contribution in [1.29, 1.82) is 0 Å². The van der Waals surface area contributed by atoms with Crippen LogP contribution in [0.5, 0.6) is 0 Å². The molecule has 3 fully saturated rings. The normalized spacial score (nSPS) is 29.0. The first-order valence-electron chi connectivity index (χ1n) is 12.2. The van der Waals surface area contributed by atoms with Gasteiger partial charge in [-0.05, 0) is 92.2 Å². The quantitative estimate of drug-likeness (QED) is 0.320. The van der Waals surface area contributed by atoms with Gasteiger partial charge in [-0.25, -0.2) is 9.59 Å². The van der Waals surface area contributed by atoms with Gasteiger partial charge in [0.05, 0.1) is 22.3 Å². The molecule has 5 rings (SSSR count). The van der Waals surface area contributed by atoms with Crippen LogP contribution in [0.15, 0.2) is 48.5 Å². The third-order valence-corrected chi connectivity index (χ3v) is 8.07. The second kappa shape index (κ2) is 9.36. The number of halogens is 6. The van der Waals surface area contributed by atoms with Crippen molar-refractivity contribution in [3.05, 3.63) is 70.8 Å². The van der Waals surface area contributed by atoms with Crippen LogP contribution in [0.4, 0.5) is 26.3 Å². The molecule has 6 atom stereocenters. The monoisotopic (exact) mass is 526 g/mol. The maximum absolute atomic E-state index is 13.1. The fourth-order valence-corrected chi connectivity index (χ4v) is 6.41. The average molecular weight is 526 g/mol. The van der Waals surface area contributed by atoms with Gasteiger partial charge in [0.25, 0.3) is 0 Å². The van der Waals surface area contributed by atoms with E-state index in [1.807, 2.05) is 0 Å². The van der Waals surface area contributed by atoms with Gasteiger partial charge in [0.15, 0.2) is 0 Å². The van der Waals surface area contributed by atoms with E-state index >= 15 is 0 Å². The molecule has 37 heavy (non-hydrogen) atoms. The zero-order valence-electron chi connectivity index (χ0n) is 19.5. The third kappa shape index (κ3) is 5.20. The fourth-order valence-electron chi connectivity index (χ4n) is 6.41. The van der Waals surface area contributed by atoms with Gasteiger partial charge in [-0.3, -0.25) is 0 Å². The minimum atomic E-state index is -4.64. The Bertz CT molecular complexity index is 1100. The molecular weight excluding hydrogens is 502 g/mol. The van der Waals surface area contributed by atoms with Gasteiger partial charge in [-0.1, -0.05) is 12.1 Å². The molecule has 0 N–H and O–H groups in total. The van der Waals surface area contributed by atoms with Crippen molar-refractivity contribution in [2.24, 2.45) is 23.7 Å². The molecule has 4 nitrogen and oxygen atoms in total. The van der Waals surface area contributed by atoms with Crippen molar-refractivity contribution in [2.75, 3.05) is 0 Å². The van der Waals surface area contributed by atoms with Gasteiger partial charge in [0.2, 0.25) is 0 Å². The number of benzene rings is 2. The minimum Gasteiger partial charge on any atom is -0.455 e. The van der Waals surface area contributed by atoms with Crippen LogP contribution in [-0.4, -0.2) is 24.1 Å². The van der Waals surface area contributed by atoms with E-state index in [-0.39, 0.29) is 23.0 Å². The highest BCUT2D eigenvalue weighted by Gasteiger charge is 2.53. The lowest BCUT2D eigenvalue weighted by molar-refractivity contribution is -0.138. The highest BCUT2D eigenvalue weighted by atomic mass is 19.4. The smallest absolute Gasteiger partial charge is 0.416 e. The van der Waals surface area contributed by atoms with Crippen molar-refractivity contribution in [2.45, 2.75) is 56.7 Å². The van der Waals surface area contributed by atoms with Crippen molar-refractivity contribution < 1.29 is 45.4 Å². The molecule has 0 radical (unpaired) electrons. The highest BCUT2D eigenvalue weighted by Crippen LogP contribution is 2.58. The number of carbonyl (C=O) groups excluding carboxylic acids is 2. The van der Waals surface area contributed by atoms with Crippen LogP contribution in [-0.2, 0) is 21.8 Å². The number of hydrogen-bond donors (Lipinski definition) is 0. The molecule has 0 spiro atoms. The van der Waals surface area contributed by atoms with Crippen molar-refractivity contribution in [1.82, 2.24) is 0 Å². The second-order valence-corrected chi connectivity index (χ2v) is 10.2. The Morgan fingerprint density at radius 2 is 1.05 bits per heavy atom. The van der Waals surface area contributed by atoms with E-state index in [1.165, 1.54) is 12.1 Å². The predicted octanol–water partition coefficient (Wildman–Crippen LogP) is 6.93. The number of hydrogen-bond acceptors (Lipinski definition) is 4. The Morgan fingerprint density at radius 1 is 0.649 bits per heavy atom. The molecule has 0 aromatic heterocycles. The van der Waals surface area contributed by atoms with E-state index in [4.69, 9.17) is 9.47 Å². The van der Waals surface area contributed by atoms with E-state index in [9.17, 15) is 35.9 Å². The topological polar surface area (TPSA) is 52.6 Å². The van der Waals surface area contributed by atoms with Crippen LogP contribution < -0.4 is 0 Å². The molecule has 198 valence electrons. The summed E-state index contributed by atoms with van der Waals surface area (Å²) in [5.41, 5.74) is -2.56. The Morgan fingerprint density at radius 3 is 1.43 bits per heavy atom. The zero-order chi connectivity index (χ0) is 26.5. The van der Waals surface area contributed by atoms with Gasteiger partial charge in [0.1, 0.15) is 12.2 Å². The molecule has 10 heteroatoms. The van der Waals surface area contributed by atoms with Gasteiger partial charge >= 0.3 is 24.3 Å². The number of alkyl halides is 6. The van der Waals surface area contributed by atoms with E-state index in [0.29, 0.717) is 36.8 Å². The molecule has 0 amide bonds. The third-order valence-electron chi connectivity index (χ3n) is 8.07. The number of rotatable bonds is 4. The second-order valence-electron chi connectivity index (χ2n) is 10.2. The van der Waals surface area contributed by atoms with Gasteiger partial charge in [-0.15, -0.1) is 0 Å². The Kier molecular flexibility index (Phi) is 6.48. The lowest BCUT2D eigenvalue weighted by Gasteiger charge is -2.42. The Labute approximate surface area is 208 Å². The van der Waals surface area contributed by atoms with E-state index in [0.717, 1.165) is 43.5 Å². The van der Waals surface area contributed by atoms with Crippen molar-refractivity contribution in [3.63, 3.8) is 0 Å². The summed E-state index contributed by atoms with van der Waals surface area (Å²) in [4.78, 5) is 25.7. The summed E-state index contributed by atoms with van der Waals surface area (Å²) < 4.78 is 89.9. The van der Waals surface area contributed by atoms with Crippen LogP contribution >= 0.6 is 0 Å². The summed E-state index contributed by atoms with van der Waals surface area (Å²) in [5, 5.41) is 0. The molecule has 0 heterocycles. The molecule has 2 bridgehead atoms. The summed E-state index contributed by atoms with van der Waals surface area (Å²) in [6.07, 6.45) is -7.22. The maximum Gasteiger partial charge on any atom is 0.416 e. The first-order valence-corrected chi connectivity index (χ1v) is 12.2. The summed E-state index contributed by atoms with van der Waals surface area (Å²) in [6.45, 7) is 0. The highest BCUT2D eigenvalue weighted by molar-refractivity contribution is 5.90. The number of ether oxygens (including phenoxy) is 2. The minimum absolute atomic E-state index is 0.238. The van der Waals surface area contributed by atoms with E-state index in [1.54, 1.807) is 0 Å². The molecule has 2 aromatic rings. The number of esters is 2. The zero-order valence-corrected chi connectivity index (χ0v) is 19.5. The summed E-state index contributed by atoms with van der Waals surface area (Å²) in [6, 6.07) is 7.74. The predicted molar refractivity (Wildman–Crippen MR) is 118 cm³/mol. The molecule has 3 aliphatic rings. The fraction of sp³-hybridized carbons (Fsp3) is 0.481. The van der Waals surface area contributed by atoms with Crippen LogP contribution in [0.3, 0.4) is 0 Å². The Hall–Kier alpha value is -3.04. The molecule has 3 aliphatic carbocycles. The first kappa shape index (κ1) is 25.6. The number of carbonyl (C=O) groups is 2. The first-order chi connectivity index (χ1) is 17.4. The summed E-state index contributed by atoms with van der Waals surface area (Å²) in [7, 11) is 0. The summed E-state index contributed by atoms with van der Waals surface area (Å²) >= 11 is 0.